The summed E-state index contributed by atoms with van der Waals surface area (Å²) in [5.41, 5.74) is 1.81. The van der Waals surface area contributed by atoms with Crippen molar-refractivity contribution in [2.24, 2.45) is 0 Å². The molecule has 2 aromatic rings. The standard InChI is InChI=1S/C14H17N3O4/c1-5-10(14(19)20)17(4)13(18)9-6-7(2)15-12-11(9)8(3)16-21-12/h6,10H,5H2,1-4H3,(H,19,20). The molecule has 2 aromatic heterocycles. The summed E-state index contributed by atoms with van der Waals surface area (Å²) in [6.45, 7) is 5.18. The quantitative estimate of drug-likeness (QED) is 0.922. The topological polar surface area (TPSA) is 96.5 Å². The number of fused-ring (bicyclic) bond motifs is 1. The zero-order valence-corrected chi connectivity index (χ0v) is 12.4. The van der Waals surface area contributed by atoms with Crippen molar-refractivity contribution in [2.45, 2.75) is 33.2 Å². The van der Waals surface area contributed by atoms with Crippen LogP contribution in [0.4, 0.5) is 0 Å². The molecule has 1 N–H and O–H groups in total. The number of aryl methyl sites for hydroxylation is 2. The number of pyridine rings is 1. The van der Waals surface area contributed by atoms with E-state index in [1.165, 1.54) is 11.9 Å². The number of carbonyl (C=O) groups is 2. The van der Waals surface area contributed by atoms with Gasteiger partial charge in [-0.05, 0) is 26.3 Å². The van der Waals surface area contributed by atoms with Crippen molar-refractivity contribution in [1.29, 1.82) is 0 Å². The molecule has 21 heavy (non-hydrogen) atoms. The van der Waals surface area contributed by atoms with Gasteiger partial charge in [0.25, 0.3) is 11.6 Å². The van der Waals surface area contributed by atoms with Gasteiger partial charge in [0.2, 0.25) is 0 Å². The summed E-state index contributed by atoms with van der Waals surface area (Å²) in [6.07, 6.45) is 0.327. The van der Waals surface area contributed by atoms with E-state index in [1.54, 1.807) is 26.8 Å². The highest BCUT2D eigenvalue weighted by Gasteiger charge is 2.28. The van der Waals surface area contributed by atoms with Gasteiger partial charge in [-0.25, -0.2) is 9.78 Å². The maximum atomic E-state index is 12.6. The molecule has 0 aliphatic carbocycles. The van der Waals surface area contributed by atoms with Gasteiger partial charge in [0, 0.05) is 12.7 Å². The van der Waals surface area contributed by atoms with Gasteiger partial charge in [0.05, 0.1) is 16.6 Å². The van der Waals surface area contributed by atoms with Crippen LogP contribution in [0.25, 0.3) is 11.1 Å². The molecule has 0 aromatic carbocycles. The normalized spacial score (nSPS) is 12.4. The van der Waals surface area contributed by atoms with E-state index in [0.29, 0.717) is 28.8 Å². The van der Waals surface area contributed by atoms with Crippen molar-refractivity contribution in [1.82, 2.24) is 15.0 Å². The average Bonchev–Trinajstić information content (AvgIpc) is 2.78. The molecular formula is C14H17N3O4. The second kappa shape index (κ2) is 5.51. The van der Waals surface area contributed by atoms with Crippen LogP contribution in [0.5, 0.6) is 0 Å². The molecule has 0 fully saturated rings. The van der Waals surface area contributed by atoms with Crippen molar-refractivity contribution in [3.05, 3.63) is 23.0 Å². The number of amides is 1. The maximum Gasteiger partial charge on any atom is 0.326 e. The van der Waals surface area contributed by atoms with E-state index in [1.807, 2.05) is 0 Å². The first-order valence-electron chi connectivity index (χ1n) is 6.60. The number of aromatic nitrogens is 2. The predicted molar refractivity (Wildman–Crippen MR) is 75.1 cm³/mol. The lowest BCUT2D eigenvalue weighted by Gasteiger charge is -2.24. The van der Waals surface area contributed by atoms with Crippen LogP contribution < -0.4 is 0 Å². The van der Waals surface area contributed by atoms with Crippen LogP contribution in [0.1, 0.15) is 35.1 Å². The Morgan fingerprint density at radius 2 is 2.10 bits per heavy atom. The first-order chi connectivity index (χ1) is 9.86. The molecule has 1 amide bonds. The third-order valence-corrected chi connectivity index (χ3v) is 3.44. The van der Waals surface area contributed by atoms with Crippen LogP contribution in [0, 0.1) is 13.8 Å². The maximum absolute atomic E-state index is 12.6. The zero-order valence-electron chi connectivity index (χ0n) is 12.4. The van der Waals surface area contributed by atoms with E-state index < -0.39 is 12.0 Å². The number of hydrogen-bond acceptors (Lipinski definition) is 5. The van der Waals surface area contributed by atoms with E-state index in [9.17, 15) is 14.7 Å². The molecule has 0 aliphatic rings. The first-order valence-corrected chi connectivity index (χ1v) is 6.60. The summed E-state index contributed by atoms with van der Waals surface area (Å²) in [5.74, 6) is -1.41. The van der Waals surface area contributed by atoms with Gasteiger partial charge in [-0.2, -0.15) is 0 Å². The Morgan fingerprint density at radius 3 is 2.67 bits per heavy atom. The zero-order chi connectivity index (χ0) is 15.7. The van der Waals surface area contributed by atoms with Gasteiger partial charge in [-0.3, -0.25) is 4.79 Å². The molecule has 0 bridgehead atoms. The van der Waals surface area contributed by atoms with Crippen LogP contribution in [-0.4, -0.2) is 45.1 Å². The van der Waals surface area contributed by atoms with Crippen molar-refractivity contribution >= 4 is 23.0 Å². The van der Waals surface area contributed by atoms with Crippen LogP contribution in [0.3, 0.4) is 0 Å². The largest absolute Gasteiger partial charge is 0.480 e. The molecule has 0 radical (unpaired) electrons. The molecular weight excluding hydrogens is 274 g/mol. The summed E-state index contributed by atoms with van der Waals surface area (Å²) in [5, 5.41) is 13.5. The van der Waals surface area contributed by atoms with Crippen molar-refractivity contribution in [3.63, 3.8) is 0 Å². The number of likely N-dealkylation sites (N-methyl/N-ethyl adjacent to an activating group) is 1. The Morgan fingerprint density at radius 1 is 1.43 bits per heavy atom. The fourth-order valence-electron chi connectivity index (χ4n) is 2.33. The minimum Gasteiger partial charge on any atom is -0.480 e. The van der Waals surface area contributed by atoms with E-state index in [0.717, 1.165) is 0 Å². The molecule has 2 heterocycles. The van der Waals surface area contributed by atoms with Gasteiger partial charge < -0.3 is 14.5 Å². The lowest BCUT2D eigenvalue weighted by Crippen LogP contribution is -2.42. The molecule has 1 atom stereocenters. The Hall–Kier alpha value is -2.44. The second-order valence-corrected chi connectivity index (χ2v) is 4.94. The number of rotatable bonds is 4. The molecule has 2 rings (SSSR count). The van der Waals surface area contributed by atoms with E-state index >= 15 is 0 Å². The third-order valence-electron chi connectivity index (χ3n) is 3.44. The Bertz CT molecular complexity index is 708. The lowest BCUT2D eigenvalue weighted by molar-refractivity contribution is -0.142. The monoisotopic (exact) mass is 291 g/mol. The van der Waals surface area contributed by atoms with Crippen LogP contribution >= 0.6 is 0 Å². The summed E-state index contributed by atoms with van der Waals surface area (Å²) >= 11 is 0. The highest BCUT2D eigenvalue weighted by Crippen LogP contribution is 2.23. The fourth-order valence-corrected chi connectivity index (χ4v) is 2.33. The fraction of sp³-hybridized carbons (Fsp3) is 0.429. The predicted octanol–water partition coefficient (Wildman–Crippen LogP) is 1.77. The molecule has 0 saturated carbocycles. The number of carbonyl (C=O) groups excluding carboxylic acids is 1. The number of carboxylic acid groups (broad SMARTS) is 1. The van der Waals surface area contributed by atoms with E-state index in [-0.39, 0.29) is 11.6 Å². The highest BCUT2D eigenvalue weighted by molar-refractivity contribution is 6.06. The number of nitrogens with zero attached hydrogens (tertiary/aromatic N) is 3. The highest BCUT2D eigenvalue weighted by atomic mass is 16.5. The minimum atomic E-state index is -1.03. The molecule has 7 heteroatoms. The average molecular weight is 291 g/mol. The summed E-state index contributed by atoms with van der Waals surface area (Å²) < 4.78 is 5.09. The molecule has 0 saturated heterocycles. The summed E-state index contributed by atoms with van der Waals surface area (Å²) in [6, 6.07) is 0.751. The molecule has 0 aliphatic heterocycles. The van der Waals surface area contributed by atoms with Gasteiger partial charge in [0.15, 0.2) is 0 Å². The third kappa shape index (κ3) is 2.58. The van der Waals surface area contributed by atoms with Crippen LogP contribution in [0.2, 0.25) is 0 Å². The van der Waals surface area contributed by atoms with Crippen molar-refractivity contribution < 1.29 is 19.2 Å². The van der Waals surface area contributed by atoms with Gasteiger partial charge in [-0.1, -0.05) is 12.1 Å². The summed E-state index contributed by atoms with van der Waals surface area (Å²) in [4.78, 5) is 29.3. The van der Waals surface area contributed by atoms with Gasteiger partial charge in [-0.15, -0.1) is 0 Å². The van der Waals surface area contributed by atoms with Crippen LogP contribution in [0.15, 0.2) is 10.6 Å². The Labute approximate surface area is 121 Å². The van der Waals surface area contributed by atoms with E-state index in [4.69, 9.17) is 4.52 Å². The van der Waals surface area contributed by atoms with E-state index in [2.05, 4.69) is 10.1 Å². The molecule has 112 valence electrons. The smallest absolute Gasteiger partial charge is 0.326 e. The number of aliphatic carboxylic acids is 1. The first kappa shape index (κ1) is 15.0. The lowest BCUT2D eigenvalue weighted by atomic mass is 10.1. The molecule has 7 nitrogen and oxygen atoms in total. The van der Waals surface area contributed by atoms with Crippen molar-refractivity contribution in [2.75, 3.05) is 7.05 Å². The number of hydrogen-bond donors (Lipinski definition) is 1. The van der Waals surface area contributed by atoms with Crippen LogP contribution in [-0.2, 0) is 4.79 Å². The second-order valence-electron chi connectivity index (χ2n) is 4.94. The molecule has 1 unspecified atom stereocenters. The SMILES string of the molecule is CCC(C(=O)O)N(C)C(=O)c1cc(C)nc2onc(C)c12. The van der Waals surface area contributed by atoms with Gasteiger partial charge >= 0.3 is 5.97 Å². The Balaban J connectivity index is 2.53. The Kier molecular flexibility index (Phi) is 3.93. The molecule has 0 spiro atoms. The minimum absolute atomic E-state index is 0.285. The van der Waals surface area contributed by atoms with Gasteiger partial charge in [0.1, 0.15) is 6.04 Å². The van der Waals surface area contributed by atoms with Crippen molar-refractivity contribution in [3.8, 4) is 0 Å². The summed E-state index contributed by atoms with van der Waals surface area (Å²) in [7, 11) is 1.48. The number of carboxylic acids is 1.